The maximum absolute atomic E-state index is 13.2. The van der Waals surface area contributed by atoms with E-state index >= 15 is 0 Å². The summed E-state index contributed by atoms with van der Waals surface area (Å²) in [5, 5.41) is 6.35. The molecule has 0 heterocycles. The molecule has 1 aliphatic rings. The highest BCUT2D eigenvalue weighted by molar-refractivity contribution is 6.31. The van der Waals surface area contributed by atoms with Crippen LogP contribution in [0.15, 0.2) is 49.1 Å². The van der Waals surface area contributed by atoms with E-state index in [-0.39, 0.29) is 11.6 Å². The maximum Gasteiger partial charge on any atom is 0.330 e. The molecule has 0 bridgehead atoms. The van der Waals surface area contributed by atoms with E-state index in [0.717, 1.165) is 31.8 Å². The minimum absolute atomic E-state index is 0.135. The van der Waals surface area contributed by atoms with Crippen molar-refractivity contribution in [3.05, 3.63) is 71.3 Å². The summed E-state index contributed by atoms with van der Waals surface area (Å²) >= 11 is 0. The molecule has 2 aromatic carbocycles. The molecule has 2 aromatic rings. The van der Waals surface area contributed by atoms with Crippen molar-refractivity contribution in [1.82, 2.24) is 0 Å². The van der Waals surface area contributed by atoms with E-state index in [1.807, 2.05) is 12.1 Å². The fourth-order valence-corrected chi connectivity index (χ4v) is 3.61. The first kappa shape index (κ1) is 21.3. The first-order valence-corrected chi connectivity index (χ1v) is 10.1. The number of unbranched alkanes of at least 4 members (excludes halogenated alkanes) is 3. The van der Waals surface area contributed by atoms with Crippen molar-refractivity contribution < 1.29 is 19.1 Å². The third-order valence-corrected chi connectivity index (χ3v) is 5.14. The van der Waals surface area contributed by atoms with Gasteiger partial charge in [-0.2, -0.15) is 0 Å². The molecule has 0 saturated heterocycles. The Morgan fingerprint density at radius 3 is 2.17 bits per heavy atom. The Morgan fingerprint density at radius 2 is 1.53 bits per heavy atom. The fraction of sp³-hybridized carbons (Fsp3) is 0.292. The lowest BCUT2D eigenvalue weighted by Gasteiger charge is -2.23. The van der Waals surface area contributed by atoms with E-state index in [1.54, 1.807) is 31.3 Å². The fourth-order valence-electron chi connectivity index (χ4n) is 3.61. The lowest BCUT2D eigenvalue weighted by Crippen LogP contribution is -2.24. The van der Waals surface area contributed by atoms with Gasteiger partial charge in [0.2, 0.25) is 0 Å². The van der Waals surface area contributed by atoms with Crippen LogP contribution in [0, 0.1) is 0 Å². The van der Waals surface area contributed by atoms with Crippen molar-refractivity contribution >= 4 is 28.9 Å². The number of hydrogen-bond acceptors (Lipinski definition) is 6. The summed E-state index contributed by atoms with van der Waals surface area (Å²) in [6.07, 6.45) is 4.76. The van der Waals surface area contributed by atoms with Gasteiger partial charge in [-0.15, -0.1) is 0 Å². The first-order valence-electron chi connectivity index (χ1n) is 10.1. The van der Waals surface area contributed by atoms with Crippen LogP contribution < -0.4 is 10.6 Å². The number of anilines is 2. The van der Waals surface area contributed by atoms with Crippen LogP contribution in [0.2, 0.25) is 0 Å². The molecular weight excluding hydrogens is 380 g/mol. The second-order valence-electron chi connectivity index (χ2n) is 7.08. The molecule has 30 heavy (non-hydrogen) atoms. The standard InChI is InChI=1S/C24H26N2O4/c1-3-20(27)30-15-9-5-4-8-14-26-19-13-12-18(25-2)21-22(19)24(29)17-11-7-6-10-16(17)23(21)28/h3,6-7,10-13,25-26H,1,4-5,8-9,14-15H2,2H3. The van der Waals surface area contributed by atoms with Crippen LogP contribution in [-0.2, 0) is 9.53 Å². The van der Waals surface area contributed by atoms with Crippen molar-refractivity contribution in [2.75, 3.05) is 30.8 Å². The molecule has 0 spiro atoms. The zero-order valence-electron chi connectivity index (χ0n) is 17.1. The van der Waals surface area contributed by atoms with E-state index in [4.69, 9.17) is 4.74 Å². The number of carbonyl (C=O) groups excluding carboxylic acids is 3. The third-order valence-electron chi connectivity index (χ3n) is 5.14. The van der Waals surface area contributed by atoms with Crippen LogP contribution in [0.4, 0.5) is 11.4 Å². The van der Waals surface area contributed by atoms with Gasteiger partial charge < -0.3 is 15.4 Å². The van der Waals surface area contributed by atoms with Crippen LogP contribution in [0.25, 0.3) is 0 Å². The second kappa shape index (κ2) is 9.87. The molecule has 0 amide bonds. The monoisotopic (exact) mass is 406 g/mol. The molecule has 156 valence electrons. The van der Waals surface area contributed by atoms with Crippen molar-refractivity contribution in [2.45, 2.75) is 25.7 Å². The van der Waals surface area contributed by atoms with E-state index in [1.165, 1.54) is 0 Å². The molecule has 3 rings (SSSR count). The van der Waals surface area contributed by atoms with Gasteiger partial charge in [0.25, 0.3) is 0 Å². The Kier molecular flexibility index (Phi) is 7.01. The molecule has 0 aliphatic heterocycles. The number of carbonyl (C=O) groups is 3. The van der Waals surface area contributed by atoms with E-state index in [0.29, 0.717) is 46.8 Å². The van der Waals surface area contributed by atoms with Crippen LogP contribution in [0.3, 0.4) is 0 Å². The van der Waals surface area contributed by atoms with Crippen molar-refractivity contribution in [3.63, 3.8) is 0 Å². The SMILES string of the molecule is C=CC(=O)OCCCCCCNc1ccc(NC)c2c1C(=O)c1ccccc1C2=O. The van der Waals surface area contributed by atoms with Crippen LogP contribution in [0.5, 0.6) is 0 Å². The molecule has 6 heteroatoms. The normalized spacial score (nSPS) is 12.0. The molecule has 0 atom stereocenters. The predicted octanol–water partition coefficient (Wildman–Crippen LogP) is 4.21. The molecule has 1 aliphatic carbocycles. The average Bonchev–Trinajstić information content (AvgIpc) is 2.78. The number of benzene rings is 2. The van der Waals surface area contributed by atoms with Gasteiger partial charge in [0.05, 0.1) is 17.7 Å². The van der Waals surface area contributed by atoms with E-state index in [2.05, 4.69) is 17.2 Å². The smallest absolute Gasteiger partial charge is 0.330 e. The lowest BCUT2D eigenvalue weighted by atomic mass is 9.82. The van der Waals surface area contributed by atoms with Gasteiger partial charge in [0.1, 0.15) is 0 Å². The minimum Gasteiger partial charge on any atom is -0.463 e. The van der Waals surface area contributed by atoms with Crippen molar-refractivity contribution in [3.8, 4) is 0 Å². The van der Waals surface area contributed by atoms with Crippen LogP contribution >= 0.6 is 0 Å². The number of esters is 1. The van der Waals surface area contributed by atoms with Gasteiger partial charge in [-0.25, -0.2) is 4.79 Å². The topological polar surface area (TPSA) is 84.5 Å². The second-order valence-corrected chi connectivity index (χ2v) is 7.08. The molecule has 6 nitrogen and oxygen atoms in total. The Balaban J connectivity index is 1.65. The predicted molar refractivity (Wildman–Crippen MR) is 117 cm³/mol. The van der Waals surface area contributed by atoms with Gasteiger partial charge in [-0.3, -0.25) is 9.59 Å². The molecule has 0 fully saturated rings. The Bertz CT molecular complexity index is 981. The summed E-state index contributed by atoms with van der Waals surface area (Å²) in [5.74, 6) is -0.668. The molecular formula is C24H26N2O4. The molecule has 0 aromatic heterocycles. The van der Waals surface area contributed by atoms with Gasteiger partial charge in [0, 0.05) is 42.2 Å². The van der Waals surface area contributed by atoms with Crippen molar-refractivity contribution in [2.24, 2.45) is 0 Å². The number of ketones is 2. The minimum atomic E-state index is -0.396. The number of ether oxygens (including phenoxy) is 1. The van der Waals surface area contributed by atoms with Crippen molar-refractivity contribution in [1.29, 1.82) is 0 Å². The van der Waals surface area contributed by atoms with Gasteiger partial charge >= 0.3 is 5.97 Å². The highest BCUT2D eigenvalue weighted by Crippen LogP contribution is 2.36. The lowest BCUT2D eigenvalue weighted by molar-refractivity contribution is -0.137. The summed E-state index contributed by atoms with van der Waals surface area (Å²) in [7, 11) is 1.74. The Hall–Kier alpha value is -3.41. The summed E-state index contributed by atoms with van der Waals surface area (Å²) in [5.41, 5.74) is 3.08. The summed E-state index contributed by atoms with van der Waals surface area (Å²) in [6, 6.07) is 10.6. The number of rotatable bonds is 10. The maximum atomic E-state index is 13.2. The largest absolute Gasteiger partial charge is 0.463 e. The summed E-state index contributed by atoms with van der Waals surface area (Å²) in [6.45, 7) is 4.44. The zero-order valence-corrected chi connectivity index (χ0v) is 17.1. The number of fused-ring (bicyclic) bond motifs is 2. The molecule has 0 saturated carbocycles. The quantitative estimate of drug-likeness (QED) is 0.298. The van der Waals surface area contributed by atoms with Crippen LogP contribution in [0.1, 0.15) is 57.5 Å². The average molecular weight is 406 g/mol. The number of nitrogens with one attached hydrogen (secondary N) is 2. The van der Waals surface area contributed by atoms with Gasteiger partial charge in [0.15, 0.2) is 11.6 Å². The van der Waals surface area contributed by atoms with Gasteiger partial charge in [-0.05, 0) is 31.4 Å². The molecule has 0 radical (unpaired) electrons. The van der Waals surface area contributed by atoms with Crippen LogP contribution in [-0.4, -0.2) is 37.7 Å². The molecule has 2 N–H and O–H groups in total. The highest BCUT2D eigenvalue weighted by Gasteiger charge is 2.33. The Labute approximate surface area is 176 Å². The highest BCUT2D eigenvalue weighted by atomic mass is 16.5. The summed E-state index contributed by atoms with van der Waals surface area (Å²) in [4.78, 5) is 37.2. The summed E-state index contributed by atoms with van der Waals surface area (Å²) < 4.78 is 4.95. The number of hydrogen-bond donors (Lipinski definition) is 2. The Morgan fingerprint density at radius 1 is 0.933 bits per heavy atom. The van der Waals surface area contributed by atoms with E-state index < -0.39 is 5.97 Å². The van der Waals surface area contributed by atoms with E-state index in [9.17, 15) is 14.4 Å². The first-order chi connectivity index (χ1) is 14.6. The zero-order chi connectivity index (χ0) is 21.5. The third kappa shape index (κ3) is 4.43. The molecule has 0 unspecified atom stereocenters. The van der Waals surface area contributed by atoms with Gasteiger partial charge in [-0.1, -0.05) is 37.3 Å².